The average molecular weight is 381 g/mol. The molecule has 144 valence electrons. The minimum absolute atomic E-state index is 0.0321. The molecular weight excluding hydrogens is 361 g/mol. The number of phenols is 1. The predicted octanol–water partition coefficient (Wildman–Crippen LogP) is 4.73. The van der Waals surface area contributed by atoms with Gasteiger partial charge in [-0.15, -0.1) is 0 Å². The van der Waals surface area contributed by atoms with Gasteiger partial charge < -0.3 is 15.5 Å². The van der Waals surface area contributed by atoms with Crippen LogP contribution < -0.4 is 5.32 Å². The second-order valence-electron chi connectivity index (χ2n) is 6.62. The lowest BCUT2D eigenvalue weighted by atomic mass is 10.0. The second kappa shape index (κ2) is 8.52. The van der Waals surface area contributed by atoms with E-state index in [1.807, 2.05) is 18.2 Å². The highest BCUT2D eigenvalue weighted by atomic mass is 19.1. The van der Waals surface area contributed by atoms with E-state index in [0.717, 1.165) is 47.4 Å². The molecule has 3 aromatic carbocycles. The fourth-order valence-corrected chi connectivity index (χ4v) is 3.07. The Morgan fingerprint density at radius 3 is 2.46 bits per heavy atom. The van der Waals surface area contributed by atoms with E-state index < -0.39 is 11.8 Å². The first-order valence-corrected chi connectivity index (χ1v) is 8.97. The van der Waals surface area contributed by atoms with Gasteiger partial charge >= 0.3 is 5.97 Å². The third-order valence-electron chi connectivity index (χ3n) is 4.49. The van der Waals surface area contributed by atoms with E-state index in [1.165, 1.54) is 0 Å². The molecule has 5 nitrogen and oxygen atoms in total. The molecule has 0 bridgehead atoms. The van der Waals surface area contributed by atoms with Crippen molar-refractivity contribution in [2.24, 2.45) is 0 Å². The number of carbonyl (C=O) groups is 2. The van der Waals surface area contributed by atoms with E-state index in [4.69, 9.17) is 5.11 Å². The largest absolute Gasteiger partial charge is 0.508 e. The lowest BCUT2D eigenvalue weighted by molar-refractivity contribution is -0.116. The molecule has 0 spiro atoms. The molecule has 3 rings (SSSR count). The summed E-state index contributed by atoms with van der Waals surface area (Å²) in [5.41, 5.74) is 0.962. The van der Waals surface area contributed by atoms with Crippen molar-refractivity contribution in [3.63, 3.8) is 0 Å². The lowest BCUT2D eigenvalue weighted by Crippen LogP contribution is -2.14. The van der Waals surface area contributed by atoms with Crippen LogP contribution in [0.5, 0.6) is 5.75 Å². The summed E-state index contributed by atoms with van der Waals surface area (Å²) >= 11 is 0. The van der Waals surface area contributed by atoms with Gasteiger partial charge in [0.25, 0.3) is 0 Å². The van der Waals surface area contributed by atoms with E-state index in [9.17, 15) is 19.1 Å². The van der Waals surface area contributed by atoms with Crippen molar-refractivity contribution in [3.05, 3.63) is 71.5 Å². The van der Waals surface area contributed by atoms with E-state index in [1.54, 1.807) is 12.1 Å². The van der Waals surface area contributed by atoms with Crippen LogP contribution in [-0.2, 0) is 11.2 Å². The fourth-order valence-electron chi connectivity index (χ4n) is 3.07. The number of phenolic OH excluding ortho intramolecular Hbond substituents is 1. The summed E-state index contributed by atoms with van der Waals surface area (Å²) in [7, 11) is 0. The number of hydrogen-bond donors (Lipinski definition) is 3. The zero-order valence-electron chi connectivity index (χ0n) is 15.1. The summed E-state index contributed by atoms with van der Waals surface area (Å²) in [5, 5.41) is 23.1. The van der Waals surface area contributed by atoms with Gasteiger partial charge in [-0.05, 0) is 65.9 Å². The first-order chi connectivity index (χ1) is 13.4. The van der Waals surface area contributed by atoms with Gasteiger partial charge in [0, 0.05) is 6.42 Å². The quantitative estimate of drug-likeness (QED) is 0.516. The molecule has 1 amide bonds. The van der Waals surface area contributed by atoms with Crippen LogP contribution >= 0.6 is 0 Å². The molecule has 28 heavy (non-hydrogen) atoms. The zero-order chi connectivity index (χ0) is 20.1. The van der Waals surface area contributed by atoms with Gasteiger partial charge in [-0.1, -0.05) is 24.3 Å². The van der Waals surface area contributed by atoms with Gasteiger partial charge in [0.2, 0.25) is 5.91 Å². The van der Waals surface area contributed by atoms with Gasteiger partial charge in [0.1, 0.15) is 11.6 Å². The Kier molecular flexibility index (Phi) is 5.89. The summed E-state index contributed by atoms with van der Waals surface area (Å²) in [6.45, 7) is 0. The number of carboxylic acids is 1. The predicted molar refractivity (Wildman–Crippen MR) is 105 cm³/mol. The Labute approximate surface area is 161 Å². The highest BCUT2D eigenvalue weighted by Crippen LogP contribution is 2.22. The monoisotopic (exact) mass is 381 g/mol. The maximum atomic E-state index is 13.3. The Balaban J connectivity index is 1.51. The molecule has 0 unspecified atom stereocenters. The molecule has 0 saturated heterocycles. The first kappa shape index (κ1) is 19.4. The van der Waals surface area contributed by atoms with Crippen molar-refractivity contribution in [2.45, 2.75) is 25.7 Å². The van der Waals surface area contributed by atoms with Gasteiger partial charge in [0.15, 0.2) is 0 Å². The topological polar surface area (TPSA) is 86.6 Å². The van der Waals surface area contributed by atoms with Crippen molar-refractivity contribution in [2.75, 3.05) is 5.32 Å². The molecule has 6 heteroatoms. The van der Waals surface area contributed by atoms with Crippen molar-refractivity contribution in [1.82, 2.24) is 0 Å². The number of halogens is 1. The molecule has 0 heterocycles. The maximum Gasteiger partial charge on any atom is 0.337 e. The third-order valence-corrected chi connectivity index (χ3v) is 4.49. The summed E-state index contributed by atoms with van der Waals surface area (Å²) in [6.07, 6.45) is 2.42. The molecular formula is C22H20FNO4. The van der Waals surface area contributed by atoms with Crippen molar-refractivity contribution >= 4 is 28.3 Å². The number of carbonyl (C=O) groups excluding carboxylic acids is 1. The number of aryl methyl sites for hydroxylation is 1. The number of anilines is 1. The molecule has 0 aliphatic rings. The normalized spacial score (nSPS) is 10.8. The lowest BCUT2D eigenvalue weighted by Gasteiger charge is -2.09. The third kappa shape index (κ3) is 4.85. The number of nitrogens with one attached hydrogen (secondary N) is 1. The summed E-state index contributed by atoms with van der Waals surface area (Å²) in [4.78, 5) is 23.2. The number of carboxylic acid groups (broad SMARTS) is 1. The number of aromatic hydroxyl groups is 1. The van der Waals surface area contributed by atoms with Crippen LogP contribution in [0.25, 0.3) is 10.8 Å². The first-order valence-electron chi connectivity index (χ1n) is 8.97. The van der Waals surface area contributed by atoms with E-state index in [0.29, 0.717) is 6.42 Å². The number of amides is 1. The number of fused-ring (bicyclic) bond motifs is 1. The molecule has 0 aromatic heterocycles. The van der Waals surface area contributed by atoms with Crippen LogP contribution in [0.1, 0.15) is 35.2 Å². The Hall–Kier alpha value is -3.41. The molecule has 0 fully saturated rings. The number of rotatable bonds is 7. The molecule has 0 radical (unpaired) electrons. The summed E-state index contributed by atoms with van der Waals surface area (Å²) in [5.74, 6) is -1.94. The van der Waals surface area contributed by atoms with E-state index in [-0.39, 0.29) is 29.3 Å². The van der Waals surface area contributed by atoms with Gasteiger partial charge in [-0.2, -0.15) is 0 Å². The molecule has 0 saturated carbocycles. The van der Waals surface area contributed by atoms with Crippen LogP contribution in [0, 0.1) is 5.82 Å². The number of hydrogen-bond acceptors (Lipinski definition) is 3. The summed E-state index contributed by atoms with van der Waals surface area (Å²) in [6, 6.07) is 14.4. The van der Waals surface area contributed by atoms with Crippen molar-refractivity contribution < 1.29 is 24.2 Å². The standard InChI is InChI=1S/C22H20FNO4/c23-17-8-10-19(22(27)28)20(13-17)24-21(26)4-2-1-3-14-5-6-16-12-18(25)9-7-15(16)11-14/h5-13,25H,1-4H2,(H,24,26)(H,27,28). The fraction of sp³-hybridized carbons (Fsp3) is 0.182. The molecule has 0 aliphatic carbocycles. The average Bonchev–Trinajstić information content (AvgIpc) is 2.65. The highest BCUT2D eigenvalue weighted by molar-refractivity contribution is 6.00. The second-order valence-corrected chi connectivity index (χ2v) is 6.62. The minimum atomic E-state index is -1.22. The maximum absolute atomic E-state index is 13.3. The molecule has 0 aliphatic heterocycles. The van der Waals surface area contributed by atoms with Crippen molar-refractivity contribution in [1.29, 1.82) is 0 Å². The van der Waals surface area contributed by atoms with Crippen LogP contribution in [-0.4, -0.2) is 22.1 Å². The SMILES string of the molecule is O=C(CCCCc1ccc2cc(O)ccc2c1)Nc1cc(F)ccc1C(=O)O. The highest BCUT2D eigenvalue weighted by Gasteiger charge is 2.13. The Morgan fingerprint density at radius 2 is 1.68 bits per heavy atom. The summed E-state index contributed by atoms with van der Waals surface area (Å²) < 4.78 is 13.3. The van der Waals surface area contributed by atoms with Gasteiger partial charge in [-0.3, -0.25) is 4.79 Å². The Morgan fingerprint density at radius 1 is 0.929 bits per heavy atom. The van der Waals surface area contributed by atoms with Gasteiger partial charge in [-0.25, -0.2) is 9.18 Å². The molecule has 3 N–H and O–H groups in total. The van der Waals surface area contributed by atoms with Crippen LogP contribution in [0.2, 0.25) is 0 Å². The zero-order valence-corrected chi connectivity index (χ0v) is 15.1. The van der Waals surface area contributed by atoms with E-state index >= 15 is 0 Å². The van der Waals surface area contributed by atoms with Crippen LogP contribution in [0.3, 0.4) is 0 Å². The smallest absolute Gasteiger partial charge is 0.337 e. The molecule has 3 aromatic rings. The minimum Gasteiger partial charge on any atom is -0.508 e. The van der Waals surface area contributed by atoms with E-state index in [2.05, 4.69) is 11.4 Å². The van der Waals surface area contributed by atoms with Crippen LogP contribution in [0.4, 0.5) is 10.1 Å². The van der Waals surface area contributed by atoms with Crippen molar-refractivity contribution in [3.8, 4) is 5.75 Å². The Bertz CT molecular complexity index is 1030. The van der Waals surface area contributed by atoms with Crippen LogP contribution in [0.15, 0.2) is 54.6 Å². The van der Waals surface area contributed by atoms with Gasteiger partial charge in [0.05, 0.1) is 11.3 Å². The number of benzene rings is 3. The number of unbranched alkanes of at least 4 members (excludes halogenated alkanes) is 1. The molecule has 0 atom stereocenters. The number of aromatic carboxylic acids is 1.